The molecule has 1 heterocycles. The predicted molar refractivity (Wildman–Crippen MR) is 57.3 cm³/mol. The largest absolute Gasteiger partial charge is 0.371 e. The zero-order valence-electron chi connectivity index (χ0n) is 9.09. The van der Waals surface area contributed by atoms with Gasteiger partial charge in [0.05, 0.1) is 6.61 Å². The molecular formula is C12H16FNO. The standard InChI is InChI=1S/C12H16FNO/c1-8(14-2)12-11-9(6-7-15-12)4-3-5-10(11)13/h3-5,8,12,14H,6-7H2,1-2H3/t8-,12?/m1/s1. The van der Waals surface area contributed by atoms with Crippen LogP contribution in [-0.2, 0) is 11.2 Å². The number of benzene rings is 1. The van der Waals surface area contributed by atoms with Gasteiger partial charge in [-0.15, -0.1) is 0 Å². The van der Waals surface area contributed by atoms with Gasteiger partial charge in [0.2, 0.25) is 0 Å². The number of rotatable bonds is 2. The third-order valence-corrected chi connectivity index (χ3v) is 3.01. The van der Waals surface area contributed by atoms with Crippen LogP contribution < -0.4 is 5.32 Å². The molecule has 1 aromatic carbocycles. The average Bonchev–Trinajstić information content (AvgIpc) is 2.28. The number of halogens is 1. The fourth-order valence-electron chi connectivity index (χ4n) is 2.04. The lowest BCUT2D eigenvalue weighted by molar-refractivity contribution is 0.0188. The molecule has 2 atom stereocenters. The van der Waals surface area contributed by atoms with Gasteiger partial charge in [0.25, 0.3) is 0 Å². The Labute approximate surface area is 89.4 Å². The van der Waals surface area contributed by atoms with Crippen LogP contribution in [0, 0.1) is 5.82 Å². The third-order valence-electron chi connectivity index (χ3n) is 3.01. The molecule has 82 valence electrons. The molecule has 0 saturated heterocycles. The Morgan fingerprint density at radius 1 is 1.53 bits per heavy atom. The van der Waals surface area contributed by atoms with E-state index in [4.69, 9.17) is 4.74 Å². The minimum Gasteiger partial charge on any atom is -0.371 e. The Morgan fingerprint density at radius 3 is 3.07 bits per heavy atom. The molecule has 2 nitrogen and oxygen atoms in total. The Hall–Kier alpha value is -0.930. The minimum atomic E-state index is -0.167. The van der Waals surface area contributed by atoms with Crippen LogP contribution in [0.25, 0.3) is 0 Å². The lowest BCUT2D eigenvalue weighted by Crippen LogP contribution is -2.34. The number of likely N-dealkylation sites (N-methyl/N-ethyl adjacent to an activating group) is 1. The molecule has 1 N–H and O–H groups in total. The van der Waals surface area contributed by atoms with E-state index in [1.165, 1.54) is 6.07 Å². The van der Waals surface area contributed by atoms with Gasteiger partial charge < -0.3 is 10.1 Å². The van der Waals surface area contributed by atoms with E-state index < -0.39 is 0 Å². The summed E-state index contributed by atoms with van der Waals surface area (Å²) in [5.74, 6) is -0.153. The van der Waals surface area contributed by atoms with Gasteiger partial charge in [-0.1, -0.05) is 12.1 Å². The molecule has 1 aromatic rings. The van der Waals surface area contributed by atoms with Crippen molar-refractivity contribution in [2.75, 3.05) is 13.7 Å². The SMILES string of the molecule is CN[C@H](C)C1OCCc2cccc(F)c21. The number of nitrogens with one attached hydrogen (secondary N) is 1. The van der Waals surface area contributed by atoms with Crippen LogP contribution in [0.1, 0.15) is 24.2 Å². The van der Waals surface area contributed by atoms with Crippen LogP contribution in [-0.4, -0.2) is 19.7 Å². The first-order valence-electron chi connectivity index (χ1n) is 5.30. The quantitative estimate of drug-likeness (QED) is 0.805. The van der Waals surface area contributed by atoms with Crippen LogP contribution in [0.15, 0.2) is 18.2 Å². The monoisotopic (exact) mass is 209 g/mol. The summed E-state index contributed by atoms with van der Waals surface area (Å²) in [6, 6.07) is 5.38. The van der Waals surface area contributed by atoms with Gasteiger partial charge in [0.1, 0.15) is 11.9 Å². The second-order valence-corrected chi connectivity index (χ2v) is 3.93. The van der Waals surface area contributed by atoms with Crippen LogP contribution in [0.2, 0.25) is 0 Å². The highest BCUT2D eigenvalue weighted by molar-refractivity contribution is 5.33. The molecule has 1 aliphatic heterocycles. The second-order valence-electron chi connectivity index (χ2n) is 3.93. The Balaban J connectivity index is 2.40. The van der Waals surface area contributed by atoms with E-state index in [0.717, 1.165) is 17.5 Å². The van der Waals surface area contributed by atoms with Crippen LogP contribution in [0.5, 0.6) is 0 Å². The molecule has 1 aliphatic rings. The van der Waals surface area contributed by atoms with Crippen molar-refractivity contribution in [1.29, 1.82) is 0 Å². The third kappa shape index (κ3) is 1.90. The first-order valence-corrected chi connectivity index (χ1v) is 5.30. The summed E-state index contributed by atoms with van der Waals surface area (Å²) in [4.78, 5) is 0. The van der Waals surface area contributed by atoms with Crippen molar-refractivity contribution in [2.24, 2.45) is 0 Å². The maximum Gasteiger partial charge on any atom is 0.129 e. The highest BCUT2D eigenvalue weighted by Crippen LogP contribution is 2.31. The molecule has 0 radical (unpaired) electrons. The van der Waals surface area contributed by atoms with E-state index >= 15 is 0 Å². The number of hydrogen-bond donors (Lipinski definition) is 1. The van der Waals surface area contributed by atoms with Crippen molar-refractivity contribution in [1.82, 2.24) is 5.32 Å². The molecule has 2 rings (SSSR count). The highest BCUT2D eigenvalue weighted by atomic mass is 19.1. The molecule has 15 heavy (non-hydrogen) atoms. The van der Waals surface area contributed by atoms with Gasteiger partial charge in [-0.25, -0.2) is 4.39 Å². The molecule has 0 amide bonds. The summed E-state index contributed by atoms with van der Waals surface area (Å²) in [6.45, 7) is 2.68. The summed E-state index contributed by atoms with van der Waals surface area (Å²) < 4.78 is 19.3. The Bertz CT molecular complexity index is 353. The number of fused-ring (bicyclic) bond motifs is 1. The molecule has 0 aliphatic carbocycles. The topological polar surface area (TPSA) is 21.3 Å². The smallest absolute Gasteiger partial charge is 0.129 e. The summed E-state index contributed by atoms with van der Waals surface area (Å²) in [7, 11) is 1.86. The van der Waals surface area contributed by atoms with Crippen LogP contribution in [0.3, 0.4) is 0 Å². The second kappa shape index (κ2) is 4.29. The van der Waals surface area contributed by atoms with E-state index in [9.17, 15) is 4.39 Å². The first-order chi connectivity index (χ1) is 7.24. The van der Waals surface area contributed by atoms with Crippen LogP contribution >= 0.6 is 0 Å². The van der Waals surface area contributed by atoms with E-state index in [1.54, 1.807) is 6.07 Å². The summed E-state index contributed by atoms with van der Waals surface area (Å²) >= 11 is 0. The van der Waals surface area contributed by atoms with Gasteiger partial charge in [0.15, 0.2) is 0 Å². The van der Waals surface area contributed by atoms with Crippen molar-refractivity contribution in [2.45, 2.75) is 25.5 Å². The average molecular weight is 209 g/mol. The lowest BCUT2D eigenvalue weighted by Gasteiger charge is -2.30. The van der Waals surface area contributed by atoms with Crippen molar-refractivity contribution < 1.29 is 9.13 Å². The molecule has 0 saturated carbocycles. The van der Waals surface area contributed by atoms with Crippen molar-refractivity contribution in [3.8, 4) is 0 Å². The Kier molecular flexibility index (Phi) is 3.03. The van der Waals surface area contributed by atoms with E-state index in [0.29, 0.717) is 6.61 Å². The van der Waals surface area contributed by atoms with E-state index in [1.807, 2.05) is 20.0 Å². The van der Waals surface area contributed by atoms with Crippen LogP contribution in [0.4, 0.5) is 4.39 Å². The molecule has 1 unspecified atom stereocenters. The maximum absolute atomic E-state index is 13.7. The lowest BCUT2D eigenvalue weighted by atomic mass is 9.93. The fraction of sp³-hybridized carbons (Fsp3) is 0.500. The summed E-state index contributed by atoms with van der Waals surface area (Å²) in [5.41, 5.74) is 1.80. The zero-order chi connectivity index (χ0) is 10.8. The van der Waals surface area contributed by atoms with Crippen molar-refractivity contribution in [3.05, 3.63) is 35.1 Å². The molecule has 0 fully saturated rings. The van der Waals surface area contributed by atoms with Gasteiger partial charge >= 0.3 is 0 Å². The van der Waals surface area contributed by atoms with Gasteiger partial charge in [-0.05, 0) is 32.0 Å². The molecule has 0 spiro atoms. The number of ether oxygens (including phenoxy) is 1. The Morgan fingerprint density at radius 2 is 2.33 bits per heavy atom. The molecule has 3 heteroatoms. The van der Waals surface area contributed by atoms with E-state index in [-0.39, 0.29) is 18.0 Å². The number of hydrogen-bond acceptors (Lipinski definition) is 2. The van der Waals surface area contributed by atoms with Gasteiger partial charge in [-0.3, -0.25) is 0 Å². The van der Waals surface area contributed by atoms with Crippen molar-refractivity contribution in [3.63, 3.8) is 0 Å². The summed E-state index contributed by atoms with van der Waals surface area (Å²) in [6.07, 6.45) is 0.639. The maximum atomic E-state index is 13.7. The molecular weight excluding hydrogens is 193 g/mol. The van der Waals surface area contributed by atoms with Crippen molar-refractivity contribution >= 4 is 0 Å². The fourth-order valence-corrected chi connectivity index (χ4v) is 2.04. The highest BCUT2D eigenvalue weighted by Gasteiger charge is 2.27. The van der Waals surface area contributed by atoms with E-state index in [2.05, 4.69) is 5.32 Å². The predicted octanol–water partition coefficient (Wildman–Crippen LogP) is 2.05. The molecule has 0 bridgehead atoms. The van der Waals surface area contributed by atoms with Gasteiger partial charge in [0, 0.05) is 11.6 Å². The van der Waals surface area contributed by atoms with Gasteiger partial charge in [-0.2, -0.15) is 0 Å². The summed E-state index contributed by atoms with van der Waals surface area (Å²) in [5, 5.41) is 3.11. The normalized spacial score (nSPS) is 22.2. The molecule has 0 aromatic heterocycles. The zero-order valence-corrected chi connectivity index (χ0v) is 9.09. The minimum absolute atomic E-state index is 0.126. The first kappa shape index (κ1) is 10.6.